The van der Waals surface area contributed by atoms with Crippen LogP contribution in [0, 0.1) is 6.92 Å². The van der Waals surface area contributed by atoms with E-state index >= 15 is 0 Å². The second kappa shape index (κ2) is 12.5. The third-order valence-electron chi connectivity index (χ3n) is 4.10. The van der Waals surface area contributed by atoms with E-state index in [9.17, 15) is 14.4 Å². The van der Waals surface area contributed by atoms with E-state index in [1.807, 2.05) is 0 Å². The topological polar surface area (TPSA) is 81.7 Å². The summed E-state index contributed by atoms with van der Waals surface area (Å²) in [6.45, 7) is 7.72. The van der Waals surface area contributed by atoms with Gasteiger partial charge in [0.25, 0.3) is 0 Å². The van der Waals surface area contributed by atoms with Gasteiger partial charge in [0, 0.05) is 6.42 Å². The molecule has 0 spiro atoms. The Balaban J connectivity index is 2.81. The van der Waals surface area contributed by atoms with Crippen LogP contribution < -0.4 is 5.32 Å². The van der Waals surface area contributed by atoms with Crippen LogP contribution >= 0.6 is 11.3 Å². The van der Waals surface area contributed by atoms with Crippen LogP contribution in [0.25, 0.3) is 0 Å². The van der Waals surface area contributed by atoms with Crippen molar-refractivity contribution < 1.29 is 23.9 Å². The van der Waals surface area contributed by atoms with Crippen molar-refractivity contribution in [1.82, 2.24) is 0 Å². The minimum Gasteiger partial charge on any atom is -0.462 e. The summed E-state index contributed by atoms with van der Waals surface area (Å²) in [5.74, 6) is -1.20. The van der Waals surface area contributed by atoms with E-state index in [4.69, 9.17) is 9.47 Å². The maximum Gasteiger partial charge on any atom is 0.348 e. The number of nitrogens with one attached hydrogen (secondary N) is 1. The Morgan fingerprint density at radius 1 is 0.889 bits per heavy atom. The number of esters is 2. The maximum atomic E-state index is 12.3. The van der Waals surface area contributed by atoms with Crippen molar-refractivity contribution in [1.29, 1.82) is 0 Å². The number of ether oxygens (including phenoxy) is 2. The third kappa shape index (κ3) is 7.33. The summed E-state index contributed by atoms with van der Waals surface area (Å²) >= 11 is 1.06. The molecule has 0 aliphatic heterocycles. The number of amides is 1. The average Bonchev–Trinajstić information content (AvgIpc) is 2.94. The van der Waals surface area contributed by atoms with E-state index in [-0.39, 0.29) is 24.7 Å². The van der Waals surface area contributed by atoms with Gasteiger partial charge in [0.1, 0.15) is 9.88 Å². The number of anilines is 1. The molecule has 1 N–H and O–H groups in total. The molecule has 0 saturated carbocycles. The van der Waals surface area contributed by atoms with Gasteiger partial charge in [0.2, 0.25) is 5.91 Å². The van der Waals surface area contributed by atoms with E-state index in [1.54, 1.807) is 20.8 Å². The molecule has 27 heavy (non-hydrogen) atoms. The first-order chi connectivity index (χ1) is 13.0. The van der Waals surface area contributed by atoms with Gasteiger partial charge in [-0.1, -0.05) is 39.0 Å². The number of unbranched alkanes of at least 4 members (excludes halogenated alkanes) is 5. The van der Waals surface area contributed by atoms with Crippen LogP contribution in [0.15, 0.2) is 0 Å². The zero-order valence-electron chi connectivity index (χ0n) is 16.8. The number of carbonyl (C=O) groups is 3. The van der Waals surface area contributed by atoms with Crippen molar-refractivity contribution >= 4 is 34.2 Å². The summed E-state index contributed by atoms with van der Waals surface area (Å²) in [6, 6.07) is 0. The molecule has 0 bridgehead atoms. The van der Waals surface area contributed by atoms with Crippen molar-refractivity contribution in [3.63, 3.8) is 0 Å². The lowest BCUT2D eigenvalue weighted by atomic mass is 10.1. The van der Waals surface area contributed by atoms with Crippen LogP contribution in [0.2, 0.25) is 0 Å². The van der Waals surface area contributed by atoms with E-state index in [0.29, 0.717) is 21.9 Å². The summed E-state index contributed by atoms with van der Waals surface area (Å²) < 4.78 is 10.1. The second-order valence-electron chi connectivity index (χ2n) is 6.27. The lowest BCUT2D eigenvalue weighted by molar-refractivity contribution is -0.116. The van der Waals surface area contributed by atoms with Gasteiger partial charge in [-0.15, -0.1) is 11.3 Å². The average molecular weight is 398 g/mol. The summed E-state index contributed by atoms with van der Waals surface area (Å²) in [7, 11) is 0. The molecule has 6 nitrogen and oxygen atoms in total. The Morgan fingerprint density at radius 2 is 1.48 bits per heavy atom. The fraction of sp³-hybridized carbons (Fsp3) is 0.650. The van der Waals surface area contributed by atoms with Crippen molar-refractivity contribution in [3.8, 4) is 0 Å². The molecular weight excluding hydrogens is 366 g/mol. The molecule has 1 rings (SSSR count). The molecular formula is C20H31NO5S. The molecule has 0 radical (unpaired) electrons. The highest BCUT2D eigenvalue weighted by Crippen LogP contribution is 2.34. The largest absolute Gasteiger partial charge is 0.462 e. The highest BCUT2D eigenvalue weighted by Gasteiger charge is 2.27. The van der Waals surface area contributed by atoms with Gasteiger partial charge >= 0.3 is 11.9 Å². The molecule has 0 aliphatic carbocycles. The molecule has 1 heterocycles. The number of hydrogen-bond donors (Lipinski definition) is 1. The van der Waals surface area contributed by atoms with Gasteiger partial charge in [-0.05, 0) is 32.8 Å². The Bertz CT molecular complexity index is 639. The predicted octanol–water partition coefficient (Wildman–Crippen LogP) is 5.10. The normalized spacial score (nSPS) is 10.5. The Hall–Kier alpha value is -1.89. The molecule has 0 fully saturated rings. The summed E-state index contributed by atoms with van der Waals surface area (Å²) in [5, 5.41) is 3.13. The van der Waals surface area contributed by atoms with E-state index in [2.05, 4.69) is 12.2 Å². The van der Waals surface area contributed by atoms with Gasteiger partial charge < -0.3 is 14.8 Å². The fourth-order valence-corrected chi connectivity index (χ4v) is 3.80. The van der Waals surface area contributed by atoms with Crippen molar-refractivity contribution in [2.75, 3.05) is 18.5 Å². The van der Waals surface area contributed by atoms with E-state index in [1.165, 1.54) is 19.3 Å². The zero-order chi connectivity index (χ0) is 20.2. The van der Waals surface area contributed by atoms with Crippen molar-refractivity contribution in [2.24, 2.45) is 0 Å². The summed E-state index contributed by atoms with van der Waals surface area (Å²) in [5.41, 5.74) is 0.716. The molecule has 0 aromatic carbocycles. The SMILES string of the molecule is CCCCCCCCC(=O)Nc1sc(C(=O)OCC)c(C)c1C(=O)OCC. The third-order valence-corrected chi connectivity index (χ3v) is 5.28. The first kappa shape index (κ1) is 23.1. The molecule has 0 saturated heterocycles. The highest BCUT2D eigenvalue weighted by atomic mass is 32.1. The lowest BCUT2D eigenvalue weighted by Crippen LogP contribution is -2.14. The van der Waals surface area contributed by atoms with Crippen LogP contribution in [0.5, 0.6) is 0 Å². The van der Waals surface area contributed by atoms with Crippen LogP contribution in [-0.2, 0) is 14.3 Å². The van der Waals surface area contributed by atoms with Crippen LogP contribution in [0.3, 0.4) is 0 Å². The fourth-order valence-electron chi connectivity index (χ4n) is 2.70. The molecule has 7 heteroatoms. The quantitative estimate of drug-likeness (QED) is 0.392. The van der Waals surface area contributed by atoms with E-state index in [0.717, 1.165) is 30.6 Å². The molecule has 0 unspecified atom stereocenters. The number of thiophene rings is 1. The minimum atomic E-state index is -0.545. The van der Waals surface area contributed by atoms with Gasteiger partial charge in [-0.3, -0.25) is 4.79 Å². The van der Waals surface area contributed by atoms with Crippen molar-refractivity contribution in [2.45, 2.75) is 72.6 Å². The van der Waals surface area contributed by atoms with Gasteiger partial charge in [0.05, 0.1) is 18.8 Å². The minimum absolute atomic E-state index is 0.160. The highest BCUT2D eigenvalue weighted by molar-refractivity contribution is 7.18. The molecule has 1 amide bonds. The van der Waals surface area contributed by atoms with Gasteiger partial charge in [-0.25, -0.2) is 9.59 Å². The summed E-state index contributed by atoms with van der Waals surface area (Å²) in [4.78, 5) is 37.0. The Morgan fingerprint density at radius 3 is 2.11 bits per heavy atom. The number of hydrogen-bond acceptors (Lipinski definition) is 6. The molecule has 0 atom stereocenters. The van der Waals surface area contributed by atoms with Crippen LogP contribution in [0.1, 0.15) is 91.3 Å². The Kier molecular flexibility index (Phi) is 10.7. The second-order valence-corrected chi connectivity index (χ2v) is 7.29. The lowest BCUT2D eigenvalue weighted by Gasteiger charge is -2.07. The smallest absolute Gasteiger partial charge is 0.348 e. The standard InChI is InChI=1S/C20H31NO5S/c1-5-8-9-10-11-12-13-15(22)21-18-16(19(23)25-6-2)14(4)17(27-18)20(24)26-7-3/h5-13H2,1-4H3,(H,21,22). The molecule has 152 valence electrons. The molecule has 1 aromatic heterocycles. The molecule has 1 aromatic rings. The Labute approximate surface area is 165 Å². The van der Waals surface area contributed by atoms with Crippen LogP contribution in [-0.4, -0.2) is 31.1 Å². The van der Waals surface area contributed by atoms with Gasteiger partial charge in [0.15, 0.2) is 0 Å². The first-order valence-corrected chi connectivity index (χ1v) is 10.5. The number of rotatable bonds is 12. The first-order valence-electron chi connectivity index (χ1n) is 9.73. The zero-order valence-corrected chi connectivity index (χ0v) is 17.6. The van der Waals surface area contributed by atoms with Crippen LogP contribution in [0.4, 0.5) is 5.00 Å². The van der Waals surface area contributed by atoms with E-state index < -0.39 is 11.9 Å². The van der Waals surface area contributed by atoms with Gasteiger partial charge in [-0.2, -0.15) is 0 Å². The monoisotopic (exact) mass is 397 g/mol. The van der Waals surface area contributed by atoms with Crippen molar-refractivity contribution in [3.05, 3.63) is 16.0 Å². The summed E-state index contributed by atoms with van der Waals surface area (Å²) in [6.07, 6.45) is 6.94. The predicted molar refractivity (Wildman–Crippen MR) is 108 cm³/mol. The molecule has 0 aliphatic rings. The number of carbonyl (C=O) groups excluding carboxylic acids is 3. The maximum absolute atomic E-state index is 12.3.